The van der Waals surface area contributed by atoms with Gasteiger partial charge < -0.3 is 20.4 Å². The minimum Gasteiger partial charge on any atom is -0.390 e. The molecule has 2 heterocycles. The number of aliphatic hydroxyl groups is 4. The molecule has 6 nitrogen and oxygen atoms in total. The Morgan fingerprint density at radius 2 is 1.02 bits per heavy atom. The second-order valence-corrected chi connectivity index (χ2v) is 16.4. The van der Waals surface area contributed by atoms with Gasteiger partial charge in [-0.3, -0.25) is 9.97 Å². The summed E-state index contributed by atoms with van der Waals surface area (Å²) in [5.41, 5.74) is 0.540. The van der Waals surface area contributed by atoms with Crippen molar-refractivity contribution in [2.24, 2.45) is 0 Å². The molecule has 0 aliphatic rings. The molecule has 0 aliphatic heterocycles. The van der Waals surface area contributed by atoms with Gasteiger partial charge in [0.25, 0.3) is 0 Å². The quantitative estimate of drug-likeness (QED) is 0.147. The van der Waals surface area contributed by atoms with Gasteiger partial charge in [-0.25, -0.2) is 0 Å². The van der Waals surface area contributed by atoms with Crippen molar-refractivity contribution >= 4 is 63.7 Å². The van der Waals surface area contributed by atoms with Crippen LogP contribution in [-0.4, -0.2) is 36.0 Å². The Balaban J connectivity index is 0.000000314. The van der Waals surface area contributed by atoms with E-state index in [1.165, 1.54) is 0 Å². The van der Waals surface area contributed by atoms with E-state index >= 15 is 0 Å². The molecule has 0 spiro atoms. The van der Waals surface area contributed by atoms with E-state index in [-0.39, 0.29) is 0 Å². The van der Waals surface area contributed by atoms with Crippen molar-refractivity contribution in [3.63, 3.8) is 0 Å². The molecule has 0 aliphatic carbocycles. The Hall–Kier alpha value is -1.50. The van der Waals surface area contributed by atoms with Gasteiger partial charge in [0.1, 0.15) is 11.2 Å². The van der Waals surface area contributed by atoms with Crippen LogP contribution in [0.15, 0.2) is 103 Å². The summed E-state index contributed by atoms with van der Waals surface area (Å²) in [5.74, 6) is 0. The zero-order chi connectivity index (χ0) is 36.1. The Morgan fingerprint density at radius 1 is 0.553 bits per heavy atom. The Labute approximate surface area is 314 Å². The summed E-state index contributed by atoms with van der Waals surface area (Å²) in [6, 6.07) is 23.1. The first kappa shape index (κ1) is 43.5. The lowest BCUT2D eigenvalue weighted by Crippen LogP contribution is -2.24. The first-order chi connectivity index (χ1) is 21.6. The van der Waals surface area contributed by atoms with Crippen molar-refractivity contribution in [1.82, 2.24) is 9.97 Å². The molecule has 0 bridgehead atoms. The van der Waals surface area contributed by atoms with Crippen LogP contribution in [0.2, 0.25) is 0 Å². The van der Waals surface area contributed by atoms with Crippen molar-refractivity contribution in [3.8, 4) is 0 Å². The van der Waals surface area contributed by atoms with E-state index in [0.717, 1.165) is 34.7 Å². The first-order valence-electron chi connectivity index (χ1n) is 15.2. The molecule has 4 aromatic rings. The molecule has 0 unspecified atom stereocenters. The number of halogens is 4. The number of rotatable bonds is 7. The van der Waals surface area contributed by atoms with Crippen LogP contribution >= 0.6 is 63.7 Å². The number of hydrogen-bond donors (Lipinski definition) is 4. The van der Waals surface area contributed by atoms with Gasteiger partial charge >= 0.3 is 0 Å². The first-order valence-corrected chi connectivity index (χ1v) is 18.4. The summed E-state index contributed by atoms with van der Waals surface area (Å²) >= 11 is 13.3. The Bertz CT molecular complexity index is 1460. The summed E-state index contributed by atoms with van der Waals surface area (Å²) in [4.78, 5) is 8.25. The highest BCUT2D eigenvalue weighted by molar-refractivity contribution is 9.11. The fraction of sp³-hybridized carbons (Fsp3) is 0.405. The van der Waals surface area contributed by atoms with Gasteiger partial charge in [0.05, 0.1) is 22.6 Å². The maximum atomic E-state index is 10.1. The van der Waals surface area contributed by atoms with Crippen molar-refractivity contribution in [1.29, 1.82) is 0 Å². The van der Waals surface area contributed by atoms with Gasteiger partial charge in [-0.1, -0.05) is 70.0 Å². The number of aromatic nitrogens is 2. The normalized spacial score (nSPS) is 11.7. The Kier molecular flexibility index (Phi) is 18.2. The predicted octanol–water partition coefficient (Wildman–Crippen LogP) is 10.4. The largest absolute Gasteiger partial charge is 0.390 e. The number of nitrogens with zero attached hydrogens (tertiary/aromatic N) is 2. The lowest BCUT2D eigenvalue weighted by molar-refractivity contribution is 0.0240. The maximum Gasteiger partial charge on any atom is 0.106 e. The van der Waals surface area contributed by atoms with Crippen LogP contribution in [0.1, 0.15) is 90.7 Å². The number of pyridine rings is 2. The van der Waals surface area contributed by atoms with Crippen LogP contribution in [0.4, 0.5) is 0 Å². The summed E-state index contributed by atoms with van der Waals surface area (Å²) in [6.45, 7) is 14.5. The van der Waals surface area contributed by atoms with Crippen molar-refractivity contribution in [2.45, 2.75) is 97.1 Å². The van der Waals surface area contributed by atoms with Crippen molar-refractivity contribution in [3.05, 3.63) is 126 Å². The minimum atomic E-state index is -0.847. The van der Waals surface area contributed by atoms with Gasteiger partial charge in [0.2, 0.25) is 0 Å². The molecule has 4 rings (SSSR count). The summed E-state index contributed by atoms with van der Waals surface area (Å²) in [5, 5.41) is 38.7. The van der Waals surface area contributed by atoms with E-state index in [1.54, 1.807) is 46.2 Å². The smallest absolute Gasteiger partial charge is 0.106 e. The number of benzene rings is 2. The zero-order valence-corrected chi connectivity index (χ0v) is 34.7. The monoisotopic (exact) mass is 900 g/mol. The van der Waals surface area contributed by atoms with Crippen LogP contribution in [0.3, 0.4) is 0 Å². The topological polar surface area (TPSA) is 107 Å². The molecule has 2 aromatic heterocycles. The highest BCUT2D eigenvalue weighted by Gasteiger charge is 2.26. The molecule has 0 fully saturated rings. The molecule has 0 saturated heterocycles. The molecule has 47 heavy (non-hydrogen) atoms. The van der Waals surface area contributed by atoms with Crippen molar-refractivity contribution in [2.75, 3.05) is 0 Å². The average Bonchev–Trinajstić information content (AvgIpc) is 2.98. The second kappa shape index (κ2) is 19.6. The minimum absolute atomic E-state index is 0.617. The second-order valence-electron chi connectivity index (χ2n) is 12.7. The molecular formula is C37H48Br4N2O4. The molecule has 0 atom stereocenters. The fourth-order valence-corrected chi connectivity index (χ4v) is 5.10. The van der Waals surface area contributed by atoms with E-state index in [2.05, 4.69) is 73.7 Å². The summed E-state index contributed by atoms with van der Waals surface area (Å²) in [6.07, 6.45) is 5.47. The molecular weight excluding hydrogens is 856 g/mol. The van der Waals surface area contributed by atoms with Crippen LogP contribution in [0.5, 0.6) is 0 Å². The SMILES string of the molecule is CC(C)(O)Cc1ccc(Br)cc1.CC(C)(O)c1ccc(Br)cn1.CC(C)(O)c1cccc(Br)c1.CCC(O)(CC)c1ccc(Br)cn1. The standard InChI is InChI=1S/C10H14BrNO.C10H13BrO.C9H11BrO.C8H10BrNO/c1-3-10(13,4-2)9-6-5-8(11)7-12-9;1-10(2,12)7-8-3-5-9(11)6-4-8;1-9(2,11)7-4-3-5-8(10)6-7;1-8(2,11)7-4-3-6(9)5-10-7/h5-7,13H,3-4H2,1-2H3;3-6,12H,7H2,1-2H3;3-6,11H,1-2H3;3-5,11H,1-2H3. The molecule has 10 heteroatoms. The zero-order valence-electron chi connectivity index (χ0n) is 28.4. The highest BCUT2D eigenvalue weighted by atomic mass is 79.9. The lowest BCUT2D eigenvalue weighted by Gasteiger charge is -2.24. The molecule has 0 radical (unpaired) electrons. The van der Waals surface area contributed by atoms with E-state index in [9.17, 15) is 20.4 Å². The molecule has 0 saturated carbocycles. The summed E-state index contributed by atoms with van der Waals surface area (Å²) < 4.78 is 3.93. The highest BCUT2D eigenvalue weighted by Crippen LogP contribution is 2.27. The van der Waals surface area contributed by atoms with E-state index in [4.69, 9.17) is 0 Å². The molecule has 0 amide bonds. The van der Waals surface area contributed by atoms with Gasteiger partial charge in [0, 0.05) is 36.7 Å². The van der Waals surface area contributed by atoms with E-state index in [0.29, 0.717) is 25.0 Å². The van der Waals surface area contributed by atoms with E-state index < -0.39 is 22.4 Å². The van der Waals surface area contributed by atoms with E-state index in [1.807, 2.05) is 94.4 Å². The van der Waals surface area contributed by atoms with Gasteiger partial charge in [-0.15, -0.1) is 0 Å². The number of hydrogen-bond acceptors (Lipinski definition) is 6. The van der Waals surface area contributed by atoms with Gasteiger partial charge in [-0.2, -0.15) is 0 Å². The fourth-order valence-electron chi connectivity index (χ4n) is 3.97. The average molecular weight is 904 g/mol. The van der Waals surface area contributed by atoms with Crippen LogP contribution in [0.25, 0.3) is 0 Å². The predicted molar refractivity (Wildman–Crippen MR) is 207 cm³/mol. The third-order valence-corrected chi connectivity index (χ3v) is 8.77. The lowest BCUT2D eigenvalue weighted by atomic mass is 9.93. The maximum absolute atomic E-state index is 10.1. The molecule has 2 aromatic carbocycles. The molecule has 258 valence electrons. The van der Waals surface area contributed by atoms with Gasteiger partial charge in [-0.05, 0) is 146 Å². The molecule has 4 N–H and O–H groups in total. The van der Waals surface area contributed by atoms with Crippen LogP contribution in [0, 0.1) is 0 Å². The van der Waals surface area contributed by atoms with Crippen molar-refractivity contribution < 1.29 is 20.4 Å². The summed E-state index contributed by atoms with van der Waals surface area (Å²) in [7, 11) is 0. The third-order valence-electron chi connectivity index (χ3n) is 6.81. The van der Waals surface area contributed by atoms with Gasteiger partial charge in [0.15, 0.2) is 0 Å². The van der Waals surface area contributed by atoms with Crippen LogP contribution < -0.4 is 0 Å². The Morgan fingerprint density at radius 3 is 1.36 bits per heavy atom. The van der Waals surface area contributed by atoms with Crippen LogP contribution in [-0.2, 0) is 23.2 Å². The third kappa shape index (κ3) is 17.6.